The zero-order chi connectivity index (χ0) is 14.2. The Morgan fingerprint density at radius 3 is 1.32 bits per heavy atom. The minimum atomic E-state index is 1.14. The Labute approximate surface area is 120 Å². The summed E-state index contributed by atoms with van der Waals surface area (Å²) >= 11 is 0. The topological polar surface area (TPSA) is 39.3 Å². The summed E-state index contributed by atoms with van der Waals surface area (Å²) in [6, 6.07) is 0. The van der Waals surface area contributed by atoms with Crippen molar-refractivity contribution in [1.29, 1.82) is 0 Å². The van der Waals surface area contributed by atoms with Crippen LogP contribution in [0.15, 0.2) is 0 Å². The normalized spacial score (nSPS) is 19.7. The number of nitrogens with zero attached hydrogens (tertiary/aromatic N) is 1. The first-order chi connectivity index (χ1) is 9.35. The molecule has 2 aliphatic rings. The van der Waals surface area contributed by atoms with Crippen molar-refractivity contribution in [2.45, 2.75) is 40.0 Å². The van der Waals surface area contributed by atoms with Crippen molar-refractivity contribution in [2.24, 2.45) is 0 Å². The van der Waals surface area contributed by atoms with Gasteiger partial charge in [0.25, 0.3) is 0 Å². The third-order valence-corrected chi connectivity index (χ3v) is 3.32. The second-order valence-electron chi connectivity index (χ2n) is 5.04. The number of hydrogen-bond acceptors (Lipinski definition) is 4. The first kappa shape index (κ1) is 18.8. The number of hydrogen-bond donors (Lipinski definition) is 3. The van der Waals surface area contributed by atoms with Gasteiger partial charge in [-0.15, -0.1) is 0 Å². The highest BCUT2D eigenvalue weighted by Gasteiger charge is 2.04. The molecule has 4 nitrogen and oxygen atoms in total. The van der Waals surface area contributed by atoms with Crippen LogP contribution in [-0.4, -0.2) is 63.8 Å². The number of likely N-dealkylation sites (N-methyl/N-ethyl adjacent to an activating group) is 1. The molecule has 4 heteroatoms. The third-order valence-electron chi connectivity index (χ3n) is 3.32. The fraction of sp³-hybridized carbons (Fsp3) is 1.00. The average molecular weight is 272 g/mol. The first-order valence-electron chi connectivity index (χ1n) is 8.19. The van der Waals surface area contributed by atoms with Gasteiger partial charge in [0.2, 0.25) is 0 Å². The van der Waals surface area contributed by atoms with Gasteiger partial charge in [-0.05, 0) is 6.54 Å². The van der Waals surface area contributed by atoms with Crippen LogP contribution in [0.25, 0.3) is 0 Å². The standard InChI is InChI=1S/C6H14N2.C5H12.C4H10N2/c1-2-8-5-3-7-4-6-8;1-3-5-4-2;1-2-6-4-3-5-1/h7H,2-6H2,1H3;3-5H2,1-2H3;5-6H,1-4H2. The van der Waals surface area contributed by atoms with Gasteiger partial charge in [-0.3, -0.25) is 0 Å². The van der Waals surface area contributed by atoms with Gasteiger partial charge in [0.1, 0.15) is 0 Å². The van der Waals surface area contributed by atoms with Crippen LogP contribution in [0, 0.1) is 0 Å². The number of nitrogens with one attached hydrogen (secondary N) is 3. The molecule has 0 amide bonds. The first-order valence-corrected chi connectivity index (χ1v) is 8.19. The van der Waals surface area contributed by atoms with Gasteiger partial charge in [-0.2, -0.15) is 0 Å². The van der Waals surface area contributed by atoms with Crippen LogP contribution < -0.4 is 16.0 Å². The molecule has 19 heavy (non-hydrogen) atoms. The Morgan fingerprint density at radius 1 is 0.684 bits per heavy atom. The zero-order valence-electron chi connectivity index (χ0n) is 13.4. The lowest BCUT2D eigenvalue weighted by Crippen LogP contribution is -2.43. The minimum absolute atomic E-state index is 1.14. The fourth-order valence-electron chi connectivity index (χ4n) is 1.98. The monoisotopic (exact) mass is 272 g/mol. The number of rotatable bonds is 3. The van der Waals surface area contributed by atoms with Gasteiger partial charge in [-0.1, -0.05) is 40.0 Å². The maximum absolute atomic E-state index is 3.31. The van der Waals surface area contributed by atoms with E-state index in [-0.39, 0.29) is 0 Å². The largest absolute Gasteiger partial charge is 0.314 e. The van der Waals surface area contributed by atoms with E-state index >= 15 is 0 Å². The summed E-state index contributed by atoms with van der Waals surface area (Å²) in [7, 11) is 0. The molecule has 2 saturated heterocycles. The molecule has 0 radical (unpaired) electrons. The summed E-state index contributed by atoms with van der Waals surface area (Å²) in [5.41, 5.74) is 0. The Balaban J connectivity index is 0.000000265. The molecule has 0 aromatic carbocycles. The lowest BCUT2D eigenvalue weighted by molar-refractivity contribution is 0.253. The van der Waals surface area contributed by atoms with Crippen LogP contribution in [0.5, 0.6) is 0 Å². The van der Waals surface area contributed by atoms with Crippen molar-refractivity contribution in [3.8, 4) is 0 Å². The minimum Gasteiger partial charge on any atom is -0.314 e. The van der Waals surface area contributed by atoms with E-state index in [0.717, 1.165) is 26.2 Å². The van der Waals surface area contributed by atoms with E-state index in [2.05, 4.69) is 41.6 Å². The van der Waals surface area contributed by atoms with Crippen LogP contribution in [0.3, 0.4) is 0 Å². The highest BCUT2D eigenvalue weighted by Crippen LogP contribution is 1.88. The van der Waals surface area contributed by atoms with Crippen molar-refractivity contribution >= 4 is 0 Å². The number of piperazine rings is 2. The summed E-state index contributed by atoms with van der Waals surface area (Å²) < 4.78 is 0. The highest BCUT2D eigenvalue weighted by atomic mass is 15.2. The molecule has 0 aliphatic carbocycles. The van der Waals surface area contributed by atoms with E-state index < -0.39 is 0 Å². The summed E-state index contributed by atoms with van der Waals surface area (Å²) in [4.78, 5) is 2.45. The molecule has 0 spiro atoms. The molecular weight excluding hydrogens is 236 g/mol. The molecule has 0 aromatic rings. The van der Waals surface area contributed by atoms with Crippen LogP contribution in [0.4, 0.5) is 0 Å². The van der Waals surface area contributed by atoms with Crippen LogP contribution >= 0.6 is 0 Å². The Hall–Kier alpha value is -0.160. The Kier molecular flexibility index (Phi) is 15.8. The predicted molar refractivity (Wildman–Crippen MR) is 85.9 cm³/mol. The average Bonchev–Trinajstić information content (AvgIpc) is 2.52. The quantitative estimate of drug-likeness (QED) is 0.724. The molecule has 0 bridgehead atoms. The summed E-state index contributed by atoms with van der Waals surface area (Å²) in [5, 5.41) is 9.75. The zero-order valence-corrected chi connectivity index (χ0v) is 13.4. The molecule has 2 heterocycles. The number of unbranched alkanes of at least 4 members (excludes halogenated alkanes) is 2. The maximum Gasteiger partial charge on any atom is 0.0107 e. The van der Waals surface area contributed by atoms with Gasteiger partial charge in [-0.25, -0.2) is 0 Å². The molecule has 0 saturated carbocycles. The summed E-state index contributed by atoms with van der Waals surface area (Å²) in [6.45, 7) is 17.2. The molecule has 0 aromatic heterocycles. The molecule has 2 fully saturated rings. The molecule has 0 atom stereocenters. The van der Waals surface area contributed by atoms with Crippen molar-refractivity contribution in [3.63, 3.8) is 0 Å². The van der Waals surface area contributed by atoms with Crippen LogP contribution in [0.1, 0.15) is 40.0 Å². The molecule has 116 valence electrons. The predicted octanol–water partition coefficient (Wildman–Crippen LogP) is 1.29. The smallest absolute Gasteiger partial charge is 0.0107 e. The fourth-order valence-corrected chi connectivity index (χ4v) is 1.98. The van der Waals surface area contributed by atoms with E-state index in [4.69, 9.17) is 0 Å². The lowest BCUT2D eigenvalue weighted by atomic mass is 10.3. The molecule has 0 unspecified atom stereocenters. The summed E-state index contributed by atoms with van der Waals surface area (Å²) in [5.74, 6) is 0. The maximum atomic E-state index is 3.31. The Bertz CT molecular complexity index is 141. The second kappa shape index (κ2) is 15.9. The molecular formula is C15H36N4. The van der Waals surface area contributed by atoms with E-state index in [1.807, 2.05) is 0 Å². The van der Waals surface area contributed by atoms with Crippen molar-refractivity contribution < 1.29 is 0 Å². The van der Waals surface area contributed by atoms with Crippen LogP contribution in [-0.2, 0) is 0 Å². The third kappa shape index (κ3) is 14.1. The van der Waals surface area contributed by atoms with Gasteiger partial charge in [0.05, 0.1) is 0 Å². The van der Waals surface area contributed by atoms with Gasteiger partial charge < -0.3 is 20.9 Å². The Morgan fingerprint density at radius 2 is 1.11 bits per heavy atom. The summed E-state index contributed by atoms with van der Waals surface area (Å²) in [6.07, 6.45) is 4.08. The molecule has 2 aliphatic heterocycles. The van der Waals surface area contributed by atoms with E-state index in [0.29, 0.717) is 0 Å². The van der Waals surface area contributed by atoms with Crippen molar-refractivity contribution in [1.82, 2.24) is 20.9 Å². The SMILES string of the molecule is C1CNCCN1.CCCCC.CCN1CCNCC1. The van der Waals surface area contributed by atoms with Gasteiger partial charge in [0.15, 0.2) is 0 Å². The van der Waals surface area contributed by atoms with Gasteiger partial charge >= 0.3 is 0 Å². The van der Waals surface area contributed by atoms with Gasteiger partial charge in [0, 0.05) is 52.4 Å². The van der Waals surface area contributed by atoms with E-state index in [1.54, 1.807) is 0 Å². The van der Waals surface area contributed by atoms with Crippen molar-refractivity contribution in [2.75, 3.05) is 58.9 Å². The lowest BCUT2D eigenvalue weighted by Gasteiger charge is -2.25. The highest BCUT2D eigenvalue weighted by molar-refractivity contribution is 4.64. The van der Waals surface area contributed by atoms with Crippen molar-refractivity contribution in [3.05, 3.63) is 0 Å². The van der Waals surface area contributed by atoms with E-state index in [9.17, 15) is 0 Å². The molecule has 3 N–H and O–H groups in total. The van der Waals surface area contributed by atoms with E-state index in [1.165, 1.54) is 52.0 Å². The molecule has 2 rings (SSSR count). The van der Waals surface area contributed by atoms with Crippen LogP contribution in [0.2, 0.25) is 0 Å². The second-order valence-corrected chi connectivity index (χ2v) is 5.04.